The van der Waals surface area contributed by atoms with Crippen molar-refractivity contribution in [1.82, 2.24) is 20.3 Å². The van der Waals surface area contributed by atoms with Crippen LogP contribution in [-0.4, -0.2) is 41.0 Å². The van der Waals surface area contributed by atoms with Gasteiger partial charge in [0.2, 0.25) is 5.95 Å². The van der Waals surface area contributed by atoms with E-state index < -0.39 is 0 Å². The number of likely N-dealkylation sites (N-methyl/N-ethyl adjacent to an activating group) is 1. The van der Waals surface area contributed by atoms with Crippen LogP contribution in [0, 0.1) is 0 Å². The Morgan fingerprint density at radius 2 is 1.64 bits per heavy atom. The van der Waals surface area contributed by atoms with Gasteiger partial charge < -0.3 is 10.2 Å². The molecule has 0 fully saturated rings. The van der Waals surface area contributed by atoms with Crippen LogP contribution in [0.5, 0.6) is 0 Å². The molecular weight excluding hydrogens is 374 g/mol. The summed E-state index contributed by atoms with van der Waals surface area (Å²) in [6, 6.07) is 11.6. The molecule has 0 radical (unpaired) electrons. The minimum Gasteiger partial charge on any atom is -0.352 e. The van der Waals surface area contributed by atoms with Gasteiger partial charge in [-0.25, -0.2) is 9.97 Å². The molecule has 6 nitrogen and oxygen atoms in total. The van der Waals surface area contributed by atoms with Crippen molar-refractivity contribution in [2.75, 3.05) is 25.0 Å². The van der Waals surface area contributed by atoms with E-state index in [4.69, 9.17) is 11.6 Å². The molecule has 0 aliphatic carbocycles. The van der Waals surface area contributed by atoms with Crippen LogP contribution in [0.1, 0.15) is 21.5 Å². The van der Waals surface area contributed by atoms with Gasteiger partial charge in [0.15, 0.2) is 0 Å². The van der Waals surface area contributed by atoms with Gasteiger partial charge in [-0.3, -0.25) is 9.78 Å². The Morgan fingerprint density at radius 1 is 1.00 bits per heavy atom. The second kappa shape index (κ2) is 9.80. The maximum atomic E-state index is 12.2. The molecule has 0 aliphatic rings. The molecule has 0 bridgehead atoms. The molecule has 144 valence electrons. The predicted molar refractivity (Wildman–Crippen MR) is 111 cm³/mol. The molecule has 1 amide bonds. The van der Waals surface area contributed by atoms with Crippen molar-refractivity contribution in [2.45, 2.75) is 12.8 Å². The van der Waals surface area contributed by atoms with Gasteiger partial charge >= 0.3 is 0 Å². The molecule has 7 heteroatoms. The van der Waals surface area contributed by atoms with Crippen LogP contribution >= 0.6 is 11.6 Å². The maximum Gasteiger partial charge on any atom is 0.254 e. The second-order valence-corrected chi connectivity index (χ2v) is 6.87. The topological polar surface area (TPSA) is 71.0 Å². The summed E-state index contributed by atoms with van der Waals surface area (Å²) in [5, 5.41) is 3.59. The second-order valence-electron chi connectivity index (χ2n) is 6.43. The van der Waals surface area contributed by atoms with E-state index in [1.54, 1.807) is 24.8 Å². The third kappa shape index (κ3) is 5.76. The summed E-state index contributed by atoms with van der Waals surface area (Å²) >= 11 is 5.87. The third-order valence-electron chi connectivity index (χ3n) is 4.34. The SMILES string of the molecule is CN(CCc1ccncc1)c1ncc(C(=O)NCCc2ccc(Cl)cc2)cn1. The monoisotopic (exact) mass is 395 g/mol. The number of nitrogens with one attached hydrogen (secondary N) is 1. The van der Waals surface area contributed by atoms with Crippen LogP contribution < -0.4 is 10.2 Å². The van der Waals surface area contributed by atoms with Crippen LogP contribution in [0.3, 0.4) is 0 Å². The number of benzene rings is 1. The number of aromatic nitrogens is 3. The zero-order valence-electron chi connectivity index (χ0n) is 15.7. The highest BCUT2D eigenvalue weighted by atomic mass is 35.5. The first-order valence-electron chi connectivity index (χ1n) is 9.06. The van der Waals surface area contributed by atoms with E-state index in [1.165, 1.54) is 5.56 Å². The first kappa shape index (κ1) is 19.8. The molecule has 0 saturated heterocycles. The number of carbonyl (C=O) groups is 1. The minimum atomic E-state index is -0.181. The van der Waals surface area contributed by atoms with E-state index in [-0.39, 0.29) is 5.91 Å². The van der Waals surface area contributed by atoms with Gasteiger partial charge in [0, 0.05) is 49.9 Å². The maximum absolute atomic E-state index is 12.2. The van der Waals surface area contributed by atoms with E-state index >= 15 is 0 Å². The van der Waals surface area contributed by atoms with E-state index in [9.17, 15) is 4.79 Å². The highest BCUT2D eigenvalue weighted by Crippen LogP contribution is 2.10. The van der Waals surface area contributed by atoms with Crippen molar-refractivity contribution >= 4 is 23.5 Å². The van der Waals surface area contributed by atoms with Gasteiger partial charge in [-0.05, 0) is 48.2 Å². The number of rotatable bonds is 8. The minimum absolute atomic E-state index is 0.181. The fraction of sp³-hybridized carbons (Fsp3) is 0.238. The van der Waals surface area contributed by atoms with Gasteiger partial charge in [0.05, 0.1) is 5.56 Å². The van der Waals surface area contributed by atoms with Gasteiger partial charge in [-0.2, -0.15) is 0 Å². The number of hydrogen-bond donors (Lipinski definition) is 1. The summed E-state index contributed by atoms with van der Waals surface area (Å²) in [4.78, 5) is 26.9. The molecule has 0 unspecified atom stereocenters. The highest BCUT2D eigenvalue weighted by molar-refractivity contribution is 6.30. The average Bonchev–Trinajstić information content (AvgIpc) is 2.74. The molecule has 3 rings (SSSR count). The largest absolute Gasteiger partial charge is 0.352 e. The Kier molecular flexibility index (Phi) is 6.92. The Bertz CT molecular complexity index is 885. The van der Waals surface area contributed by atoms with Crippen molar-refractivity contribution in [2.24, 2.45) is 0 Å². The third-order valence-corrected chi connectivity index (χ3v) is 4.59. The standard InChI is InChI=1S/C21H22ClN5O/c1-27(13-9-17-6-10-23-11-7-17)21-25-14-18(15-26-21)20(28)24-12-8-16-2-4-19(22)5-3-16/h2-7,10-11,14-15H,8-9,12-13H2,1H3,(H,24,28). The molecule has 2 heterocycles. The summed E-state index contributed by atoms with van der Waals surface area (Å²) in [5.41, 5.74) is 2.77. The Morgan fingerprint density at radius 3 is 2.32 bits per heavy atom. The lowest BCUT2D eigenvalue weighted by atomic mass is 10.1. The predicted octanol–water partition coefficient (Wildman–Crippen LogP) is 3.18. The molecule has 0 aliphatic heterocycles. The quantitative estimate of drug-likeness (QED) is 0.634. The Labute approximate surface area is 169 Å². The number of pyridine rings is 1. The molecule has 28 heavy (non-hydrogen) atoms. The van der Waals surface area contributed by atoms with E-state index in [2.05, 4.69) is 20.3 Å². The highest BCUT2D eigenvalue weighted by Gasteiger charge is 2.09. The first-order valence-corrected chi connectivity index (χ1v) is 9.44. The van der Waals surface area contributed by atoms with Gasteiger partial charge in [-0.15, -0.1) is 0 Å². The zero-order valence-corrected chi connectivity index (χ0v) is 16.4. The molecule has 2 aromatic heterocycles. The van der Waals surface area contributed by atoms with Crippen molar-refractivity contribution in [3.05, 3.63) is 82.9 Å². The lowest BCUT2D eigenvalue weighted by Crippen LogP contribution is -2.27. The molecule has 0 spiro atoms. The van der Waals surface area contributed by atoms with Crippen molar-refractivity contribution in [3.63, 3.8) is 0 Å². The first-order chi connectivity index (χ1) is 13.6. The number of carbonyl (C=O) groups excluding carboxylic acids is 1. The Balaban J connectivity index is 1.47. The number of nitrogens with zero attached hydrogens (tertiary/aromatic N) is 4. The normalized spacial score (nSPS) is 10.5. The molecule has 0 saturated carbocycles. The lowest BCUT2D eigenvalue weighted by molar-refractivity contribution is 0.0953. The van der Waals surface area contributed by atoms with Crippen molar-refractivity contribution < 1.29 is 4.79 Å². The van der Waals surface area contributed by atoms with Crippen molar-refractivity contribution in [1.29, 1.82) is 0 Å². The molecule has 1 N–H and O–H groups in total. The summed E-state index contributed by atoms with van der Waals surface area (Å²) in [7, 11) is 1.93. The zero-order chi connectivity index (χ0) is 19.8. The van der Waals surface area contributed by atoms with Crippen molar-refractivity contribution in [3.8, 4) is 0 Å². The summed E-state index contributed by atoms with van der Waals surface area (Å²) in [6.45, 7) is 1.31. The van der Waals surface area contributed by atoms with Crippen LogP contribution in [0.15, 0.2) is 61.2 Å². The van der Waals surface area contributed by atoms with Crippen LogP contribution in [-0.2, 0) is 12.8 Å². The molecule has 3 aromatic rings. The number of anilines is 1. The van der Waals surface area contributed by atoms with E-state index in [0.29, 0.717) is 23.1 Å². The summed E-state index contributed by atoms with van der Waals surface area (Å²) in [6.07, 6.45) is 8.29. The summed E-state index contributed by atoms with van der Waals surface area (Å²) in [5.74, 6) is 0.409. The van der Waals surface area contributed by atoms with E-state index in [1.807, 2.05) is 48.3 Å². The van der Waals surface area contributed by atoms with Crippen LogP contribution in [0.2, 0.25) is 5.02 Å². The lowest BCUT2D eigenvalue weighted by Gasteiger charge is -2.16. The van der Waals surface area contributed by atoms with Crippen LogP contribution in [0.4, 0.5) is 5.95 Å². The van der Waals surface area contributed by atoms with E-state index in [0.717, 1.165) is 24.9 Å². The number of amides is 1. The van der Waals surface area contributed by atoms with Gasteiger partial charge in [-0.1, -0.05) is 23.7 Å². The average molecular weight is 396 g/mol. The van der Waals surface area contributed by atoms with Gasteiger partial charge in [0.25, 0.3) is 5.91 Å². The summed E-state index contributed by atoms with van der Waals surface area (Å²) < 4.78 is 0. The van der Waals surface area contributed by atoms with Gasteiger partial charge in [0.1, 0.15) is 0 Å². The number of hydrogen-bond acceptors (Lipinski definition) is 5. The molecule has 1 aromatic carbocycles. The molecular formula is C21H22ClN5O. The van der Waals surface area contributed by atoms with Crippen LogP contribution in [0.25, 0.3) is 0 Å². The fourth-order valence-corrected chi connectivity index (χ4v) is 2.78. The number of halogens is 1. The molecule has 0 atom stereocenters. The fourth-order valence-electron chi connectivity index (χ4n) is 2.66. The smallest absolute Gasteiger partial charge is 0.254 e. The Hall–Kier alpha value is -2.99.